The molecule has 2 heterocycles. The van der Waals surface area contributed by atoms with Crippen molar-refractivity contribution in [1.82, 2.24) is 9.78 Å². The van der Waals surface area contributed by atoms with Gasteiger partial charge in [0.25, 0.3) is 0 Å². The zero-order valence-corrected chi connectivity index (χ0v) is 17.2. The number of aryl methyl sites for hydroxylation is 1. The first kappa shape index (κ1) is 18.9. The summed E-state index contributed by atoms with van der Waals surface area (Å²) in [4.78, 5) is 12.5. The largest absolute Gasteiger partial charge is 0.494 e. The second-order valence-electron chi connectivity index (χ2n) is 6.45. The summed E-state index contributed by atoms with van der Waals surface area (Å²) in [5.41, 5.74) is 3.76. The van der Waals surface area contributed by atoms with Gasteiger partial charge in [0.15, 0.2) is 0 Å². The highest BCUT2D eigenvalue weighted by Crippen LogP contribution is 2.46. The third-order valence-electron chi connectivity index (χ3n) is 4.58. The maximum atomic E-state index is 12.5. The van der Waals surface area contributed by atoms with Gasteiger partial charge in [0.2, 0.25) is 5.91 Å². The first-order chi connectivity index (χ1) is 13.6. The second-order valence-corrected chi connectivity index (χ2v) is 7.98. The van der Waals surface area contributed by atoms with Gasteiger partial charge in [0.05, 0.1) is 29.0 Å². The van der Waals surface area contributed by atoms with Gasteiger partial charge in [-0.1, -0.05) is 29.8 Å². The molecule has 1 N–H and O–H groups in total. The first-order valence-electron chi connectivity index (χ1n) is 9.07. The van der Waals surface area contributed by atoms with Crippen LogP contribution in [0.4, 0.5) is 5.82 Å². The Morgan fingerprint density at radius 2 is 2.00 bits per heavy atom. The maximum Gasteiger partial charge on any atom is 0.235 e. The number of hydrogen-bond donors (Lipinski definition) is 1. The van der Waals surface area contributed by atoms with Crippen LogP contribution in [0, 0.1) is 6.92 Å². The number of anilines is 1. The van der Waals surface area contributed by atoms with Crippen LogP contribution in [-0.4, -0.2) is 28.0 Å². The summed E-state index contributed by atoms with van der Waals surface area (Å²) in [6.07, 6.45) is 0. The Bertz CT molecular complexity index is 1020. The van der Waals surface area contributed by atoms with E-state index in [0.29, 0.717) is 23.2 Å². The molecule has 28 heavy (non-hydrogen) atoms. The standard InChI is InChI=1S/C21H20ClN3O2S/c1-3-27-17-7-5-4-6-16(17)20-19-13(2)24-25(15-10-8-14(22)9-11-15)21(19)23-18(26)12-28-20/h4-11,20H,3,12H2,1-2H3,(H,23,26)/t20-/m0/s1. The van der Waals surface area contributed by atoms with E-state index < -0.39 is 0 Å². The minimum Gasteiger partial charge on any atom is -0.494 e. The van der Waals surface area contributed by atoms with Crippen molar-refractivity contribution in [2.24, 2.45) is 0 Å². The number of aromatic nitrogens is 2. The van der Waals surface area contributed by atoms with Crippen LogP contribution in [0.5, 0.6) is 5.75 Å². The van der Waals surface area contributed by atoms with Gasteiger partial charge in [-0.2, -0.15) is 5.10 Å². The van der Waals surface area contributed by atoms with Crippen molar-refractivity contribution in [2.75, 3.05) is 17.7 Å². The minimum absolute atomic E-state index is 0.0437. The van der Waals surface area contributed by atoms with E-state index >= 15 is 0 Å². The van der Waals surface area contributed by atoms with Crippen LogP contribution in [0.3, 0.4) is 0 Å². The van der Waals surface area contributed by atoms with E-state index in [1.807, 2.05) is 56.3 Å². The molecule has 0 aliphatic carbocycles. The molecular formula is C21H20ClN3O2S. The minimum atomic E-state index is -0.0576. The molecule has 1 aliphatic rings. The number of carbonyl (C=O) groups excluding carboxylic acids is 1. The summed E-state index contributed by atoms with van der Waals surface area (Å²) in [5.74, 6) is 1.85. The molecule has 4 rings (SSSR count). The molecule has 7 heteroatoms. The summed E-state index contributed by atoms with van der Waals surface area (Å²) in [7, 11) is 0. The quantitative estimate of drug-likeness (QED) is 0.653. The van der Waals surface area contributed by atoms with Crippen molar-refractivity contribution in [3.05, 3.63) is 70.4 Å². The Hall–Kier alpha value is -2.44. The monoisotopic (exact) mass is 413 g/mol. The number of hydrogen-bond acceptors (Lipinski definition) is 4. The lowest BCUT2D eigenvalue weighted by Gasteiger charge is -2.19. The van der Waals surface area contributed by atoms with Crippen molar-refractivity contribution < 1.29 is 9.53 Å². The third-order valence-corrected chi connectivity index (χ3v) is 6.08. The number of halogens is 1. The number of carbonyl (C=O) groups is 1. The Morgan fingerprint density at radius 3 is 2.75 bits per heavy atom. The van der Waals surface area contributed by atoms with E-state index in [2.05, 4.69) is 11.4 Å². The van der Waals surface area contributed by atoms with Crippen LogP contribution in [0.25, 0.3) is 5.69 Å². The fraction of sp³-hybridized carbons (Fsp3) is 0.238. The number of thioether (sulfide) groups is 1. The molecule has 3 aromatic rings. The molecule has 144 valence electrons. The van der Waals surface area contributed by atoms with E-state index in [1.54, 1.807) is 16.4 Å². The van der Waals surface area contributed by atoms with Crippen LogP contribution in [0.2, 0.25) is 5.02 Å². The van der Waals surface area contributed by atoms with Gasteiger partial charge in [0, 0.05) is 16.1 Å². The van der Waals surface area contributed by atoms with E-state index in [-0.39, 0.29) is 11.2 Å². The van der Waals surface area contributed by atoms with E-state index in [4.69, 9.17) is 21.4 Å². The summed E-state index contributed by atoms with van der Waals surface area (Å²) in [6, 6.07) is 15.4. The highest BCUT2D eigenvalue weighted by atomic mass is 35.5. The smallest absolute Gasteiger partial charge is 0.235 e. The van der Waals surface area contributed by atoms with Gasteiger partial charge in [-0.05, 0) is 44.2 Å². The number of benzene rings is 2. The molecule has 1 aliphatic heterocycles. The summed E-state index contributed by atoms with van der Waals surface area (Å²) in [6.45, 7) is 4.53. The van der Waals surface area contributed by atoms with Crippen LogP contribution in [-0.2, 0) is 4.79 Å². The third kappa shape index (κ3) is 3.50. The lowest BCUT2D eigenvalue weighted by atomic mass is 10.0. The van der Waals surface area contributed by atoms with Gasteiger partial charge >= 0.3 is 0 Å². The molecule has 1 aromatic heterocycles. The Morgan fingerprint density at radius 1 is 1.25 bits per heavy atom. The summed E-state index contributed by atoms with van der Waals surface area (Å²) in [5, 5.41) is 8.36. The molecule has 0 saturated heterocycles. The summed E-state index contributed by atoms with van der Waals surface area (Å²) >= 11 is 7.62. The van der Waals surface area contributed by atoms with Gasteiger partial charge in [-0.3, -0.25) is 4.79 Å². The van der Waals surface area contributed by atoms with E-state index in [1.165, 1.54) is 0 Å². The number of amides is 1. The van der Waals surface area contributed by atoms with Gasteiger partial charge in [-0.15, -0.1) is 11.8 Å². The normalized spacial score (nSPS) is 16.2. The average molecular weight is 414 g/mol. The first-order valence-corrected chi connectivity index (χ1v) is 10.5. The molecule has 0 spiro atoms. The highest BCUT2D eigenvalue weighted by Gasteiger charge is 2.32. The van der Waals surface area contributed by atoms with E-state index in [9.17, 15) is 4.79 Å². The number of nitrogens with zero attached hydrogens (tertiary/aromatic N) is 2. The Labute approximate surface area is 173 Å². The fourth-order valence-corrected chi connectivity index (χ4v) is 4.72. The number of rotatable bonds is 4. The molecule has 0 fully saturated rings. The Balaban J connectivity index is 1.88. The van der Waals surface area contributed by atoms with Gasteiger partial charge < -0.3 is 10.1 Å². The van der Waals surface area contributed by atoms with Crippen LogP contribution in [0.15, 0.2) is 48.5 Å². The topological polar surface area (TPSA) is 56.1 Å². The lowest BCUT2D eigenvalue weighted by molar-refractivity contribution is -0.113. The van der Waals surface area contributed by atoms with Crippen molar-refractivity contribution in [2.45, 2.75) is 19.1 Å². The molecule has 0 bridgehead atoms. The van der Waals surface area contributed by atoms with Crippen molar-refractivity contribution in [3.63, 3.8) is 0 Å². The van der Waals surface area contributed by atoms with Crippen LogP contribution in [0.1, 0.15) is 29.0 Å². The number of ether oxygens (including phenoxy) is 1. The molecule has 5 nitrogen and oxygen atoms in total. The number of fused-ring (bicyclic) bond motifs is 1. The predicted molar refractivity (Wildman–Crippen MR) is 114 cm³/mol. The zero-order chi connectivity index (χ0) is 19.7. The average Bonchev–Trinajstić information content (AvgIpc) is 2.89. The second kappa shape index (κ2) is 7.89. The van der Waals surface area contributed by atoms with Crippen molar-refractivity contribution in [1.29, 1.82) is 0 Å². The van der Waals surface area contributed by atoms with Crippen molar-refractivity contribution in [3.8, 4) is 11.4 Å². The highest BCUT2D eigenvalue weighted by molar-refractivity contribution is 8.00. The fourth-order valence-electron chi connectivity index (χ4n) is 3.38. The van der Waals surface area contributed by atoms with Crippen molar-refractivity contribution >= 4 is 35.1 Å². The SMILES string of the molecule is CCOc1ccccc1[C@@H]1SCC(=O)Nc2c1c(C)nn2-c1ccc(Cl)cc1. The number of para-hydroxylation sites is 1. The maximum absolute atomic E-state index is 12.5. The zero-order valence-electron chi connectivity index (χ0n) is 15.6. The predicted octanol–water partition coefficient (Wildman–Crippen LogP) is 5.01. The molecule has 0 unspecified atom stereocenters. The molecule has 0 saturated carbocycles. The van der Waals surface area contributed by atoms with Gasteiger partial charge in [-0.25, -0.2) is 4.68 Å². The lowest BCUT2D eigenvalue weighted by Crippen LogP contribution is -2.15. The molecule has 1 amide bonds. The number of nitrogens with one attached hydrogen (secondary N) is 1. The van der Waals surface area contributed by atoms with Crippen LogP contribution >= 0.6 is 23.4 Å². The molecule has 1 atom stereocenters. The molecular weight excluding hydrogens is 394 g/mol. The van der Waals surface area contributed by atoms with Crippen LogP contribution < -0.4 is 10.1 Å². The van der Waals surface area contributed by atoms with E-state index in [0.717, 1.165) is 28.3 Å². The molecule has 2 aromatic carbocycles. The molecule has 0 radical (unpaired) electrons. The Kier molecular flexibility index (Phi) is 5.33. The van der Waals surface area contributed by atoms with Gasteiger partial charge in [0.1, 0.15) is 11.6 Å². The summed E-state index contributed by atoms with van der Waals surface area (Å²) < 4.78 is 7.64.